The smallest absolute Gasteiger partial charge is 0.410 e. The Bertz CT molecular complexity index is 1360. The van der Waals surface area contributed by atoms with E-state index in [1.165, 1.54) is 0 Å². The number of oxazole rings is 1. The zero-order valence-corrected chi connectivity index (χ0v) is 21.6. The van der Waals surface area contributed by atoms with E-state index in [0.29, 0.717) is 34.4 Å². The monoisotopic (exact) mass is 540 g/mol. The van der Waals surface area contributed by atoms with Crippen LogP contribution in [-0.2, 0) is 11.3 Å². The third kappa shape index (κ3) is 5.46. The van der Waals surface area contributed by atoms with Gasteiger partial charge >= 0.3 is 12.2 Å². The average molecular weight is 541 g/mol. The number of aromatic nitrogens is 1. The molecule has 3 aliphatic rings. The molecular formula is C29H31F3N4O3. The van der Waals surface area contributed by atoms with Gasteiger partial charge in [0.25, 0.3) is 0 Å². The second-order valence-corrected chi connectivity index (χ2v) is 11.1. The molecule has 2 heterocycles. The maximum absolute atomic E-state index is 13.4. The number of carbonyl (C=O) groups is 2. The number of benzene rings is 2. The van der Waals surface area contributed by atoms with Gasteiger partial charge in [-0.3, -0.25) is 4.79 Å². The van der Waals surface area contributed by atoms with Crippen molar-refractivity contribution in [2.75, 3.05) is 6.54 Å². The van der Waals surface area contributed by atoms with Gasteiger partial charge in [-0.2, -0.15) is 13.2 Å². The van der Waals surface area contributed by atoms with Gasteiger partial charge in [-0.15, -0.1) is 0 Å². The van der Waals surface area contributed by atoms with E-state index in [1.807, 2.05) is 42.6 Å². The molecule has 1 saturated heterocycles. The molecule has 2 aromatic carbocycles. The van der Waals surface area contributed by atoms with Gasteiger partial charge in [0.05, 0.1) is 12.5 Å². The molecule has 0 spiro atoms. The van der Waals surface area contributed by atoms with Crippen molar-refractivity contribution in [2.24, 2.45) is 17.8 Å². The summed E-state index contributed by atoms with van der Waals surface area (Å²) in [6.45, 7) is 1.47. The van der Waals surface area contributed by atoms with Crippen LogP contribution < -0.4 is 10.6 Å². The van der Waals surface area contributed by atoms with Crippen LogP contribution in [0.2, 0.25) is 0 Å². The van der Waals surface area contributed by atoms with E-state index in [1.54, 1.807) is 18.2 Å². The molecule has 2 N–H and O–H groups in total. The minimum atomic E-state index is -4.49. The first-order chi connectivity index (χ1) is 18.7. The Morgan fingerprint density at radius 1 is 1.13 bits per heavy atom. The van der Waals surface area contributed by atoms with Crippen LogP contribution in [0, 0.1) is 17.8 Å². The van der Waals surface area contributed by atoms with E-state index in [-0.39, 0.29) is 30.3 Å². The highest BCUT2D eigenvalue weighted by molar-refractivity contribution is 5.83. The van der Waals surface area contributed by atoms with E-state index >= 15 is 0 Å². The minimum Gasteiger partial charge on any atom is -0.438 e. The summed E-state index contributed by atoms with van der Waals surface area (Å²) in [7, 11) is 0. The maximum Gasteiger partial charge on any atom is 0.410 e. The Kier molecular flexibility index (Phi) is 6.51. The molecule has 1 aromatic heterocycles. The fourth-order valence-corrected chi connectivity index (χ4v) is 5.74. The van der Waals surface area contributed by atoms with Gasteiger partial charge in [-0.25, -0.2) is 9.78 Å². The van der Waals surface area contributed by atoms with Crippen molar-refractivity contribution in [2.45, 2.75) is 63.3 Å². The van der Waals surface area contributed by atoms with Gasteiger partial charge in [-0.05, 0) is 73.6 Å². The number of hydrogen-bond acceptors (Lipinski definition) is 4. The SMILES string of the molecule is C[C@@H](C(=O)N[C@H](c1nc2cc(CN3C[C@@H](C(F)(F)F)NC3=O)ccc2o1)C(C1CC1)C1CC1)c1ccccc1. The number of carbonyl (C=O) groups excluding carboxylic acids is 2. The summed E-state index contributed by atoms with van der Waals surface area (Å²) < 4.78 is 45.4. The Balaban J connectivity index is 1.25. The van der Waals surface area contributed by atoms with Gasteiger partial charge in [-0.1, -0.05) is 36.4 Å². The standard InChI is InChI=1S/C29H31F3N4O3/c1-16(18-5-3-2-4-6-18)26(37)35-25(24(19-8-9-19)20-10-11-20)27-33-21-13-17(7-12-22(21)39-27)14-36-15-23(29(30,31)32)34-28(36)38/h2-7,12-13,16,19-20,23-25H,8-11,14-15H2,1H3,(H,34,38)(H,35,37)/t16-,23+,25+/m1/s1. The molecule has 2 saturated carbocycles. The average Bonchev–Trinajstić information content (AvgIpc) is 3.84. The van der Waals surface area contributed by atoms with Gasteiger partial charge < -0.3 is 20.0 Å². The highest BCUT2D eigenvalue weighted by Gasteiger charge is 2.49. The third-order valence-corrected chi connectivity index (χ3v) is 8.20. The van der Waals surface area contributed by atoms with Crippen molar-refractivity contribution in [3.8, 4) is 0 Å². The molecule has 7 nitrogen and oxygen atoms in total. The highest BCUT2D eigenvalue weighted by atomic mass is 19.4. The lowest BCUT2D eigenvalue weighted by Gasteiger charge is -2.27. The first-order valence-electron chi connectivity index (χ1n) is 13.5. The molecule has 2 aliphatic carbocycles. The fraction of sp³-hybridized carbons (Fsp3) is 0.483. The number of nitrogens with one attached hydrogen (secondary N) is 2. The molecule has 206 valence electrons. The van der Waals surface area contributed by atoms with Crippen LogP contribution in [0.15, 0.2) is 52.9 Å². The van der Waals surface area contributed by atoms with Crippen LogP contribution in [0.5, 0.6) is 0 Å². The summed E-state index contributed by atoms with van der Waals surface area (Å²) >= 11 is 0. The van der Waals surface area contributed by atoms with E-state index in [4.69, 9.17) is 9.40 Å². The van der Waals surface area contributed by atoms with Crippen molar-refractivity contribution >= 4 is 23.0 Å². The Morgan fingerprint density at radius 3 is 2.44 bits per heavy atom. The Hall–Kier alpha value is -3.56. The van der Waals surface area contributed by atoms with Crippen molar-refractivity contribution < 1.29 is 27.2 Å². The van der Waals surface area contributed by atoms with Crippen LogP contribution in [0.25, 0.3) is 11.1 Å². The van der Waals surface area contributed by atoms with Crippen molar-refractivity contribution in [1.82, 2.24) is 20.5 Å². The van der Waals surface area contributed by atoms with Crippen molar-refractivity contribution in [3.05, 3.63) is 65.5 Å². The number of hydrogen-bond donors (Lipinski definition) is 2. The molecule has 6 rings (SSSR count). The van der Waals surface area contributed by atoms with Crippen LogP contribution in [0.4, 0.5) is 18.0 Å². The zero-order valence-electron chi connectivity index (χ0n) is 21.6. The predicted octanol–water partition coefficient (Wildman–Crippen LogP) is 5.68. The van der Waals surface area contributed by atoms with E-state index in [2.05, 4.69) is 5.32 Å². The second-order valence-electron chi connectivity index (χ2n) is 11.1. The molecule has 39 heavy (non-hydrogen) atoms. The molecule has 1 aliphatic heterocycles. The van der Waals surface area contributed by atoms with Crippen LogP contribution in [0.1, 0.15) is 61.6 Å². The zero-order chi connectivity index (χ0) is 27.3. The number of urea groups is 1. The third-order valence-electron chi connectivity index (χ3n) is 8.20. The molecule has 3 aromatic rings. The molecule has 3 atom stereocenters. The van der Waals surface area contributed by atoms with Crippen LogP contribution in [-0.4, -0.2) is 40.6 Å². The van der Waals surface area contributed by atoms with E-state index in [9.17, 15) is 22.8 Å². The summed E-state index contributed by atoms with van der Waals surface area (Å²) in [4.78, 5) is 31.4. The molecular weight excluding hydrogens is 509 g/mol. The molecule has 3 fully saturated rings. The van der Waals surface area contributed by atoms with E-state index < -0.39 is 24.8 Å². The summed E-state index contributed by atoms with van der Waals surface area (Å²) in [6, 6.07) is 11.9. The molecule has 10 heteroatoms. The van der Waals surface area contributed by atoms with Crippen LogP contribution >= 0.6 is 0 Å². The lowest BCUT2D eigenvalue weighted by Crippen LogP contribution is -2.40. The number of amides is 3. The number of nitrogens with zero attached hydrogens (tertiary/aromatic N) is 2. The van der Waals surface area contributed by atoms with Gasteiger partial charge in [0.2, 0.25) is 11.8 Å². The minimum absolute atomic E-state index is 0.0259. The number of fused-ring (bicyclic) bond motifs is 1. The lowest BCUT2D eigenvalue weighted by atomic mass is 9.88. The Morgan fingerprint density at radius 2 is 1.82 bits per heavy atom. The normalized spacial score (nSPS) is 21.3. The van der Waals surface area contributed by atoms with Crippen molar-refractivity contribution in [1.29, 1.82) is 0 Å². The summed E-state index contributed by atoms with van der Waals surface area (Å²) in [5.74, 6) is 1.33. The van der Waals surface area contributed by atoms with Crippen LogP contribution in [0.3, 0.4) is 0 Å². The Labute approximate surface area is 224 Å². The molecule has 0 unspecified atom stereocenters. The first-order valence-corrected chi connectivity index (χ1v) is 13.5. The summed E-state index contributed by atoms with van der Waals surface area (Å²) in [5.41, 5.74) is 2.67. The molecule has 0 bridgehead atoms. The van der Waals surface area contributed by atoms with Crippen molar-refractivity contribution in [3.63, 3.8) is 0 Å². The number of alkyl halides is 3. The maximum atomic E-state index is 13.4. The summed E-state index contributed by atoms with van der Waals surface area (Å²) in [5, 5.41) is 5.26. The quantitative estimate of drug-likeness (QED) is 0.366. The van der Waals surface area contributed by atoms with E-state index in [0.717, 1.165) is 36.1 Å². The largest absolute Gasteiger partial charge is 0.438 e. The number of halogens is 3. The predicted molar refractivity (Wildman–Crippen MR) is 137 cm³/mol. The first kappa shape index (κ1) is 25.7. The second kappa shape index (κ2) is 9.88. The highest BCUT2D eigenvalue weighted by Crippen LogP contribution is 2.54. The lowest BCUT2D eigenvalue weighted by molar-refractivity contribution is -0.149. The van der Waals surface area contributed by atoms with Gasteiger partial charge in [0.15, 0.2) is 5.58 Å². The number of rotatable bonds is 9. The molecule has 3 amide bonds. The summed E-state index contributed by atoms with van der Waals surface area (Å²) in [6.07, 6.45) is 0.0182. The van der Waals surface area contributed by atoms with Gasteiger partial charge in [0, 0.05) is 6.54 Å². The topological polar surface area (TPSA) is 87.5 Å². The molecule has 0 radical (unpaired) electrons. The van der Waals surface area contributed by atoms with Gasteiger partial charge in [0.1, 0.15) is 17.6 Å². The fourth-order valence-electron chi connectivity index (χ4n) is 5.74.